The summed E-state index contributed by atoms with van der Waals surface area (Å²) in [6, 6.07) is 12.7. The summed E-state index contributed by atoms with van der Waals surface area (Å²) in [5.74, 6) is 0. The zero-order valence-corrected chi connectivity index (χ0v) is 13.9. The van der Waals surface area contributed by atoms with E-state index >= 15 is 0 Å². The minimum Gasteiger partial charge on any atom is -0.363 e. The molecule has 0 aliphatic carbocycles. The Labute approximate surface area is 148 Å². The summed E-state index contributed by atoms with van der Waals surface area (Å²) in [7, 11) is 0. The number of nitro benzene ring substituents is 1. The Hall–Kier alpha value is -2.61. The van der Waals surface area contributed by atoms with Crippen molar-refractivity contribution >= 4 is 11.4 Å². The van der Waals surface area contributed by atoms with Gasteiger partial charge in [-0.2, -0.15) is 13.2 Å². The second-order valence-electron chi connectivity index (χ2n) is 6.21. The second-order valence-corrected chi connectivity index (χ2v) is 6.21. The molecule has 3 rings (SSSR count). The van der Waals surface area contributed by atoms with E-state index in [0.29, 0.717) is 32.2 Å². The van der Waals surface area contributed by atoms with Crippen LogP contribution in [0.2, 0.25) is 0 Å². The molecule has 2 aromatic carbocycles. The van der Waals surface area contributed by atoms with E-state index in [2.05, 4.69) is 4.90 Å². The van der Waals surface area contributed by atoms with Crippen molar-refractivity contribution in [1.82, 2.24) is 4.90 Å². The topological polar surface area (TPSA) is 49.6 Å². The lowest BCUT2D eigenvalue weighted by Gasteiger charge is -2.35. The van der Waals surface area contributed by atoms with Crippen LogP contribution in [0.3, 0.4) is 0 Å². The van der Waals surface area contributed by atoms with Crippen LogP contribution < -0.4 is 4.90 Å². The van der Waals surface area contributed by atoms with Gasteiger partial charge in [0.2, 0.25) is 0 Å². The number of alkyl halides is 3. The van der Waals surface area contributed by atoms with Crippen molar-refractivity contribution in [2.45, 2.75) is 12.7 Å². The van der Waals surface area contributed by atoms with E-state index in [1.165, 1.54) is 11.6 Å². The van der Waals surface area contributed by atoms with E-state index in [-0.39, 0.29) is 5.69 Å². The highest BCUT2D eigenvalue weighted by molar-refractivity contribution is 5.65. The van der Waals surface area contributed by atoms with Gasteiger partial charge in [-0.25, -0.2) is 0 Å². The number of nitrogens with zero attached hydrogens (tertiary/aromatic N) is 3. The van der Waals surface area contributed by atoms with Gasteiger partial charge in [-0.1, -0.05) is 30.3 Å². The Morgan fingerprint density at radius 3 is 2.23 bits per heavy atom. The number of hydrogen-bond donors (Lipinski definition) is 0. The number of hydrogen-bond acceptors (Lipinski definition) is 4. The molecule has 1 saturated heterocycles. The van der Waals surface area contributed by atoms with Crippen LogP contribution in [0.5, 0.6) is 0 Å². The first kappa shape index (κ1) is 18.2. The molecule has 0 unspecified atom stereocenters. The first-order chi connectivity index (χ1) is 12.3. The summed E-state index contributed by atoms with van der Waals surface area (Å²) in [4.78, 5) is 14.5. The maximum atomic E-state index is 12.8. The highest BCUT2D eigenvalue weighted by Gasteiger charge is 2.34. The summed E-state index contributed by atoms with van der Waals surface area (Å²) in [5.41, 5.74) is -0.0872. The fraction of sp³-hybridized carbons (Fsp3) is 0.333. The third kappa shape index (κ3) is 4.13. The van der Waals surface area contributed by atoms with Crippen molar-refractivity contribution in [2.24, 2.45) is 0 Å². The first-order valence-corrected chi connectivity index (χ1v) is 8.21. The third-order valence-corrected chi connectivity index (χ3v) is 4.46. The fourth-order valence-corrected chi connectivity index (χ4v) is 3.10. The molecule has 1 aliphatic rings. The van der Waals surface area contributed by atoms with E-state index in [9.17, 15) is 23.3 Å². The standard InChI is InChI=1S/C18H18F3N3O2/c19-18(20,21)15-6-7-16(17(12-15)24(25)26)23-10-8-22(9-11-23)13-14-4-2-1-3-5-14/h1-7,12H,8-11,13H2. The lowest BCUT2D eigenvalue weighted by Crippen LogP contribution is -2.46. The van der Waals surface area contributed by atoms with Gasteiger partial charge in [0, 0.05) is 38.8 Å². The van der Waals surface area contributed by atoms with Gasteiger partial charge in [0.15, 0.2) is 0 Å². The summed E-state index contributed by atoms with van der Waals surface area (Å²) < 4.78 is 38.5. The molecule has 1 aliphatic heterocycles. The van der Waals surface area contributed by atoms with Gasteiger partial charge in [0.25, 0.3) is 5.69 Å². The quantitative estimate of drug-likeness (QED) is 0.608. The van der Waals surface area contributed by atoms with E-state index in [0.717, 1.165) is 12.6 Å². The van der Waals surface area contributed by atoms with E-state index in [1.807, 2.05) is 30.3 Å². The monoisotopic (exact) mass is 365 g/mol. The molecule has 0 radical (unpaired) electrons. The molecule has 0 aromatic heterocycles. The summed E-state index contributed by atoms with van der Waals surface area (Å²) in [5, 5.41) is 11.3. The average molecular weight is 365 g/mol. The summed E-state index contributed by atoms with van der Waals surface area (Å²) in [6.07, 6.45) is -4.60. The number of anilines is 1. The van der Waals surface area contributed by atoms with Crippen molar-refractivity contribution in [2.75, 3.05) is 31.1 Å². The van der Waals surface area contributed by atoms with Crippen molar-refractivity contribution in [3.05, 3.63) is 69.8 Å². The second kappa shape index (κ2) is 7.33. The molecule has 1 fully saturated rings. The number of nitro groups is 1. The highest BCUT2D eigenvalue weighted by atomic mass is 19.4. The maximum Gasteiger partial charge on any atom is 0.416 e. The molecule has 0 N–H and O–H groups in total. The van der Waals surface area contributed by atoms with Crippen LogP contribution in [0.1, 0.15) is 11.1 Å². The predicted molar refractivity (Wildman–Crippen MR) is 92.0 cm³/mol. The molecule has 0 saturated carbocycles. The Morgan fingerprint density at radius 2 is 1.65 bits per heavy atom. The smallest absolute Gasteiger partial charge is 0.363 e. The lowest BCUT2D eigenvalue weighted by molar-refractivity contribution is -0.384. The molecule has 8 heteroatoms. The zero-order chi connectivity index (χ0) is 18.7. The van der Waals surface area contributed by atoms with Crippen molar-refractivity contribution in [3.63, 3.8) is 0 Å². The maximum absolute atomic E-state index is 12.8. The van der Waals surface area contributed by atoms with Crippen LogP contribution in [0.4, 0.5) is 24.5 Å². The van der Waals surface area contributed by atoms with Gasteiger partial charge >= 0.3 is 6.18 Å². The Kier molecular flexibility index (Phi) is 5.13. The average Bonchev–Trinajstić information content (AvgIpc) is 2.62. The summed E-state index contributed by atoms with van der Waals surface area (Å²) in [6.45, 7) is 3.21. The van der Waals surface area contributed by atoms with Gasteiger partial charge in [-0.15, -0.1) is 0 Å². The highest BCUT2D eigenvalue weighted by Crippen LogP contribution is 2.36. The Morgan fingerprint density at radius 1 is 1.00 bits per heavy atom. The molecule has 5 nitrogen and oxygen atoms in total. The molecule has 0 amide bonds. The Balaban J connectivity index is 1.72. The van der Waals surface area contributed by atoms with Crippen molar-refractivity contribution in [3.8, 4) is 0 Å². The van der Waals surface area contributed by atoms with Crippen LogP contribution in [-0.4, -0.2) is 36.0 Å². The van der Waals surface area contributed by atoms with Crippen LogP contribution in [0, 0.1) is 10.1 Å². The Bertz CT molecular complexity index is 773. The molecule has 138 valence electrons. The van der Waals surface area contributed by atoms with Gasteiger partial charge in [0.1, 0.15) is 5.69 Å². The number of benzene rings is 2. The third-order valence-electron chi connectivity index (χ3n) is 4.46. The minimum atomic E-state index is -4.60. The van der Waals surface area contributed by atoms with Crippen LogP contribution >= 0.6 is 0 Å². The number of halogens is 3. The lowest BCUT2D eigenvalue weighted by atomic mass is 10.1. The first-order valence-electron chi connectivity index (χ1n) is 8.21. The SMILES string of the molecule is O=[N+]([O-])c1cc(C(F)(F)F)ccc1N1CCN(Cc2ccccc2)CC1. The number of piperazine rings is 1. The normalized spacial score (nSPS) is 15.9. The summed E-state index contributed by atoms with van der Waals surface area (Å²) >= 11 is 0. The molecular formula is C18H18F3N3O2. The zero-order valence-electron chi connectivity index (χ0n) is 13.9. The fourth-order valence-electron chi connectivity index (χ4n) is 3.10. The molecule has 0 atom stereocenters. The molecule has 26 heavy (non-hydrogen) atoms. The number of rotatable bonds is 4. The molecule has 2 aromatic rings. The molecule has 0 spiro atoms. The van der Waals surface area contributed by atoms with Crippen molar-refractivity contribution < 1.29 is 18.1 Å². The van der Waals surface area contributed by atoms with Gasteiger partial charge < -0.3 is 4.90 Å². The van der Waals surface area contributed by atoms with E-state index < -0.39 is 22.4 Å². The molecular weight excluding hydrogens is 347 g/mol. The van der Waals surface area contributed by atoms with Crippen molar-refractivity contribution in [1.29, 1.82) is 0 Å². The minimum absolute atomic E-state index is 0.238. The predicted octanol–water partition coefficient (Wildman–Crippen LogP) is 3.94. The van der Waals surface area contributed by atoms with Crippen LogP contribution in [0.25, 0.3) is 0 Å². The largest absolute Gasteiger partial charge is 0.416 e. The molecule has 0 bridgehead atoms. The molecule has 1 heterocycles. The van der Waals surface area contributed by atoms with Crippen LogP contribution in [0.15, 0.2) is 48.5 Å². The van der Waals surface area contributed by atoms with Gasteiger partial charge in [-0.05, 0) is 17.7 Å². The van der Waals surface area contributed by atoms with E-state index in [4.69, 9.17) is 0 Å². The van der Waals surface area contributed by atoms with Gasteiger partial charge in [0.05, 0.1) is 10.5 Å². The van der Waals surface area contributed by atoms with Crippen LogP contribution in [-0.2, 0) is 12.7 Å². The van der Waals surface area contributed by atoms with E-state index in [1.54, 1.807) is 4.90 Å². The van der Waals surface area contributed by atoms with Gasteiger partial charge in [-0.3, -0.25) is 15.0 Å².